The molecule has 8 heteroatoms. The molecule has 0 radical (unpaired) electrons. The third-order valence-electron chi connectivity index (χ3n) is 4.06. The molecule has 0 aliphatic carbocycles. The Morgan fingerprint density at radius 1 is 0.893 bits per heavy atom. The first-order valence-electron chi connectivity index (χ1n) is 8.32. The summed E-state index contributed by atoms with van der Waals surface area (Å²) in [6.45, 7) is 2.26. The Labute approximate surface area is 179 Å². The van der Waals surface area contributed by atoms with Crippen LogP contribution in [0, 0.1) is 6.92 Å². The first kappa shape index (κ1) is 20.8. The molecule has 0 unspecified atom stereocenters. The summed E-state index contributed by atoms with van der Waals surface area (Å²) < 4.78 is 28.0. The van der Waals surface area contributed by atoms with Crippen LogP contribution in [0.15, 0.2) is 65.6 Å². The van der Waals surface area contributed by atoms with Gasteiger partial charge >= 0.3 is 0 Å². The SMILES string of the molecule is Cc1ccc(S(=O)(=O)Nc2ccccc2CNc2cc(Cl)c(Cl)c(Cl)c2)cc1. The van der Waals surface area contributed by atoms with Gasteiger partial charge in [0.25, 0.3) is 10.0 Å². The third-order valence-corrected chi connectivity index (χ3v) is 6.64. The van der Waals surface area contributed by atoms with Gasteiger partial charge in [0.2, 0.25) is 0 Å². The molecule has 0 spiro atoms. The number of rotatable bonds is 6. The van der Waals surface area contributed by atoms with Gasteiger partial charge in [0.1, 0.15) is 0 Å². The predicted molar refractivity (Wildman–Crippen MR) is 117 cm³/mol. The molecule has 146 valence electrons. The molecule has 2 N–H and O–H groups in total. The van der Waals surface area contributed by atoms with Gasteiger partial charge in [0, 0.05) is 12.2 Å². The number of hydrogen-bond acceptors (Lipinski definition) is 3. The van der Waals surface area contributed by atoms with Gasteiger partial charge < -0.3 is 5.32 Å². The van der Waals surface area contributed by atoms with Crippen LogP contribution < -0.4 is 10.0 Å². The van der Waals surface area contributed by atoms with Crippen molar-refractivity contribution in [2.45, 2.75) is 18.4 Å². The van der Waals surface area contributed by atoms with E-state index in [1.807, 2.05) is 19.1 Å². The highest BCUT2D eigenvalue weighted by atomic mass is 35.5. The summed E-state index contributed by atoms with van der Waals surface area (Å²) in [5.41, 5.74) is 2.92. The Kier molecular flexibility index (Phi) is 6.40. The van der Waals surface area contributed by atoms with Crippen LogP contribution in [0.1, 0.15) is 11.1 Å². The van der Waals surface area contributed by atoms with Crippen molar-refractivity contribution < 1.29 is 8.42 Å². The summed E-state index contributed by atoms with van der Waals surface area (Å²) >= 11 is 18.1. The van der Waals surface area contributed by atoms with Gasteiger partial charge in [0.15, 0.2) is 0 Å². The van der Waals surface area contributed by atoms with E-state index in [9.17, 15) is 8.42 Å². The van der Waals surface area contributed by atoms with Gasteiger partial charge in [-0.3, -0.25) is 4.72 Å². The van der Waals surface area contributed by atoms with Gasteiger partial charge in [-0.25, -0.2) is 8.42 Å². The summed E-state index contributed by atoms with van der Waals surface area (Å²) in [6.07, 6.45) is 0. The van der Waals surface area contributed by atoms with E-state index >= 15 is 0 Å². The smallest absolute Gasteiger partial charge is 0.261 e. The van der Waals surface area contributed by atoms with Crippen LogP contribution in [0.2, 0.25) is 15.1 Å². The zero-order chi connectivity index (χ0) is 20.3. The predicted octanol–water partition coefficient (Wildman–Crippen LogP) is 6.37. The fraction of sp³-hybridized carbons (Fsp3) is 0.100. The molecule has 0 bridgehead atoms. The van der Waals surface area contributed by atoms with Crippen molar-refractivity contribution in [3.63, 3.8) is 0 Å². The normalized spacial score (nSPS) is 11.3. The number of nitrogens with one attached hydrogen (secondary N) is 2. The fourth-order valence-corrected chi connectivity index (χ4v) is 4.25. The number of para-hydroxylation sites is 1. The molecular weight excluding hydrogens is 439 g/mol. The van der Waals surface area contributed by atoms with Gasteiger partial charge in [0.05, 0.1) is 25.7 Å². The second-order valence-corrected chi connectivity index (χ2v) is 9.06. The van der Waals surface area contributed by atoms with E-state index < -0.39 is 10.0 Å². The van der Waals surface area contributed by atoms with E-state index in [1.165, 1.54) is 0 Å². The van der Waals surface area contributed by atoms with Gasteiger partial charge in [-0.2, -0.15) is 0 Å². The van der Waals surface area contributed by atoms with Gasteiger partial charge in [-0.15, -0.1) is 0 Å². The van der Waals surface area contributed by atoms with Gasteiger partial charge in [-0.05, 0) is 42.8 Å². The van der Waals surface area contributed by atoms with Gasteiger partial charge in [-0.1, -0.05) is 70.7 Å². The molecule has 3 aromatic rings. The lowest BCUT2D eigenvalue weighted by Gasteiger charge is -2.14. The van der Waals surface area contributed by atoms with Crippen molar-refractivity contribution in [2.24, 2.45) is 0 Å². The van der Waals surface area contributed by atoms with Crippen molar-refractivity contribution in [2.75, 3.05) is 10.0 Å². The lowest BCUT2D eigenvalue weighted by molar-refractivity contribution is 0.601. The van der Waals surface area contributed by atoms with E-state index in [2.05, 4.69) is 10.0 Å². The Morgan fingerprint density at radius 3 is 2.14 bits per heavy atom. The van der Waals surface area contributed by atoms with E-state index in [4.69, 9.17) is 34.8 Å². The number of hydrogen-bond donors (Lipinski definition) is 2. The minimum atomic E-state index is -3.69. The summed E-state index contributed by atoms with van der Waals surface area (Å²) in [5, 5.41) is 4.15. The summed E-state index contributed by atoms with van der Waals surface area (Å²) in [7, 11) is -3.69. The van der Waals surface area contributed by atoms with Crippen LogP contribution >= 0.6 is 34.8 Å². The lowest BCUT2D eigenvalue weighted by atomic mass is 10.2. The number of sulfonamides is 1. The molecule has 0 fully saturated rings. The average molecular weight is 456 g/mol. The zero-order valence-corrected chi connectivity index (χ0v) is 17.9. The van der Waals surface area contributed by atoms with E-state index in [0.717, 1.165) is 11.1 Å². The van der Waals surface area contributed by atoms with Crippen molar-refractivity contribution in [1.82, 2.24) is 0 Å². The zero-order valence-electron chi connectivity index (χ0n) is 14.8. The molecule has 0 aliphatic heterocycles. The molecule has 3 aromatic carbocycles. The molecule has 28 heavy (non-hydrogen) atoms. The molecule has 0 aromatic heterocycles. The highest BCUT2D eigenvalue weighted by Crippen LogP contribution is 2.33. The number of halogens is 3. The van der Waals surface area contributed by atoms with E-state index in [-0.39, 0.29) is 4.90 Å². The lowest BCUT2D eigenvalue weighted by Crippen LogP contribution is -2.15. The second kappa shape index (κ2) is 8.62. The van der Waals surface area contributed by atoms with Crippen molar-refractivity contribution in [1.29, 1.82) is 0 Å². The topological polar surface area (TPSA) is 58.2 Å². The highest BCUT2D eigenvalue weighted by molar-refractivity contribution is 7.92. The second-order valence-electron chi connectivity index (χ2n) is 6.18. The highest BCUT2D eigenvalue weighted by Gasteiger charge is 2.16. The molecule has 0 amide bonds. The third kappa shape index (κ3) is 4.92. The van der Waals surface area contributed by atoms with E-state index in [0.29, 0.717) is 33.0 Å². The van der Waals surface area contributed by atoms with Crippen molar-refractivity contribution >= 4 is 56.2 Å². The Hall–Kier alpha value is -1.92. The molecule has 4 nitrogen and oxygen atoms in total. The molecule has 3 rings (SSSR count). The van der Waals surface area contributed by atoms with E-state index in [1.54, 1.807) is 48.5 Å². The van der Waals surface area contributed by atoms with Crippen LogP contribution in [0.5, 0.6) is 0 Å². The minimum Gasteiger partial charge on any atom is -0.381 e. The summed E-state index contributed by atoms with van der Waals surface area (Å²) in [5.74, 6) is 0. The first-order valence-corrected chi connectivity index (χ1v) is 10.9. The molecular formula is C20H17Cl3N2O2S. The summed E-state index contributed by atoms with van der Waals surface area (Å²) in [4.78, 5) is 0.206. The molecule has 0 atom stereocenters. The Morgan fingerprint density at radius 2 is 1.50 bits per heavy atom. The number of benzene rings is 3. The maximum Gasteiger partial charge on any atom is 0.261 e. The van der Waals surface area contributed by atoms with Crippen LogP contribution in [0.3, 0.4) is 0 Å². The molecule has 0 heterocycles. The van der Waals surface area contributed by atoms with Crippen LogP contribution in [-0.2, 0) is 16.6 Å². The minimum absolute atomic E-state index is 0.206. The monoisotopic (exact) mass is 454 g/mol. The maximum absolute atomic E-state index is 12.7. The van der Waals surface area contributed by atoms with Crippen LogP contribution in [-0.4, -0.2) is 8.42 Å². The largest absolute Gasteiger partial charge is 0.381 e. The molecule has 0 saturated heterocycles. The number of aryl methyl sites for hydroxylation is 1. The van der Waals surface area contributed by atoms with Crippen molar-refractivity contribution in [3.8, 4) is 0 Å². The van der Waals surface area contributed by atoms with Crippen LogP contribution in [0.25, 0.3) is 0 Å². The standard InChI is InChI=1S/C20H17Cl3N2O2S/c1-13-6-8-16(9-7-13)28(26,27)25-19-5-3-2-4-14(19)12-24-15-10-17(21)20(23)18(22)11-15/h2-11,24-25H,12H2,1H3. The molecule has 0 saturated carbocycles. The average Bonchev–Trinajstić information content (AvgIpc) is 2.65. The van der Waals surface area contributed by atoms with Crippen molar-refractivity contribution in [3.05, 3.63) is 86.9 Å². The Balaban J connectivity index is 1.81. The maximum atomic E-state index is 12.7. The Bertz CT molecular complexity index is 1080. The number of anilines is 2. The first-order chi connectivity index (χ1) is 13.3. The van der Waals surface area contributed by atoms with Crippen LogP contribution in [0.4, 0.5) is 11.4 Å². The summed E-state index contributed by atoms with van der Waals surface area (Å²) in [6, 6.07) is 17.2. The molecule has 0 aliphatic rings. The quantitative estimate of drug-likeness (QED) is 0.425. The fourth-order valence-electron chi connectivity index (χ4n) is 2.55.